The van der Waals surface area contributed by atoms with Crippen LogP contribution < -0.4 is 21.1 Å². The number of piperazine rings is 1. The predicted octanol–water partition coefficient (Wildman–Crippen LogP) is 3.37. The second-order valence-corrected chi connectivity index (χ2v) is 11.9. The van der Waals surface area contributed by atoms with Gasteiger partial charge in [-0.25, -0.2) is 8.42 Å². The van der Waals surface area contributed by atoms with E-state index in [0.717, 1.165) is 49.9 Å². The third-order valence-electron chi connectivity index (χ3n) is 6.62. The number of guanidine groups is 1. The van der Waals surface area contributed by atoms with Crippen molar-refractivity contribution in [3.05, 3.63) is 69.6 Å². The Balaban J connectivity index is 1.41. The second kappa shape index (κ2) is 9.97. The van der Waals surface area contributed by atoms with Gasteiger partial charge in [-0.3, -0.25) is 9.69 Å². The van der Waals surface area contributed by atoms with Crippen molar-refractivity contribution in [3.63, 3.8) is 0 Å². The molecular formula is C26H28ClN5O5S. The molecule has 3 heterocycles. The van der Waals surface area contributed by atoms with Crippen LogP contribution in [0.5, 0.6) is 11.5 Å². The molecule has 5 rings (SSSR count). The molecule has 38 heavy (non-hydrogen) atoms. The molecular weight excluding hydrogens is 530 g/mol. The first-order valence-electron chi connectivity index (χ1n) is 12.0. The number of furan rings is 1. The van der Waals surface area contributed by atoms with Gasteiger partial charge in [0, 0.05) is 43.0 Å². The number of anilines is 1. The minimum atomic E-state index is -3.89. The Morgan fingerprint density at radius 1 is 1.05 bits per heavy atom. The number of nitrogens with zero attached hydrogens (tertiary/aromatic N) is 3. The maximum Gasteiger partial charge on any atom is 0.280 e. The van der Waals surface area contributed by atoms with Gasteiger partial charge in [0.05, 0.1) is 17.3 Å². The number of nitrogens with two attached hydrogens (primary N) is 2. The summed E-state index contributed by atoms with van der Waals surface area (Å²) < 4.78 is 38.7. The fourth-order valence-corrected chi connectivity index (χ4v) is 6.63. The smallest absolute Gasteiger partial charge is 0.280 e. The third-order valence-corrected chi connectivity index (χ3v) is 8.57. The normalized spacial score (nSPS) is 16.7. The minimum absolute atomic E-state index is 0.0437. The highest BCUT2D eigenvalue weighted by Crippen LogP contribution is 2.45. The molecule has 0 atom stereocenters. The molecule has 4 N–H and O–H groups in total. The number of hydrogen-bond acceptors (Lipinski definition) is 7. The highest BCUT2D eigenvalue weighted by atomic mass is 35.5. The number of aryl methyl sites for hydroxylation is 2. The fraction of sp³-hybridized carbons (Fsp3) is 0.308. The van der Waals surface area contributed by atoms with Crippen LogP contribution in [0.4, 0.5) is 5.69 Å². The van der Waals surface area contributed by atoms with Crippen molar-refractivity contribution in [1.29, 1.82) is 0 Å². The van der Waals surface area contributed by atoms with E-state index in [1.54, 1.807) is 13.0 Å². The number of hydrogen-bond donors (Lipinski definition) is 2. The molecule has 3 aromatic rings. The molecule has 12 heteroatoms. The number of fused-ring (bicyclic) bond motifs is 2. The van der Waals surface area contributed by atoms with Crippen LogP contribution in [0, 0.1) is 13.8 Å². The maximum atomic E-state index is 13.5. The highest BCUT2D eigenvalue weighted by Gasteiger charge is 2.32. The third kappa shape index (κ3) is 5.22. The summed E-state index contributed by atoms with van der Waals surface area (Å²) >= 11 is 6.66. The van der Waals surface area contributed by atoms with Crippen molar-refractivity contribution in [2.24, 2.45) is 16.5 Å². The molecule has 1 aromatic heterocycles. The summed E-state index contributed by atoms with van der Waals surface area (Å²) in [6.45, 7) is 7.46. The van der Waals surface area contributed by atoms with Crippen LogP contribution >= 0.6 is 11.6 Å². The van der Waals surface area contributed by atoms with Crippen LogP contribution in [0.3, 0.4) is 0 Å². The van der Waals surface area contributed by atoms with Crippen LogP contribution in [0.15, 0.2) is 50.7 Å². The number of aliphatic imine (C=N–C) groups is 1. The Labute approximate surface area is 225 Å². The van der Waals surface area contributed by atoms with E-state index in [1.807, 2.05) is 25.1 Å². The van der Waals surface area contributed by atoms with Gasteiger partial charge in [0.2, 0.25) is 0 Å². The van der Waals surface area contributed by atoms with Gasteiger partial charge in [0.25, 0.3) is 5.91 Å². The van der Waals surface area contributed by atoms with Gasteiger partial charge >= 0.3 is 0 Å². The van der Waals surface area contributed by atoms with Crippen LogP contribution in [0.2, 0.25) is 5.02 Å². The van der Waals surface area contributed by atoms with Crippen LogP contribution in [-0.2, 0) is 22.1 Å². The molecule has 0 saturated carbocycles. The molecule has 0 aliphatic carbocycles. The molecule has 2 aliphatic rings. The molecule has 200 valence electrons. The van der Waals surface area contributed by atoms with Gasteiger partial charge in [-0.15, -0.1) is 0 Å². The standard InChI is InChI=1S/C26H28ClN5O5S/c1-15-9-17(25(33)30-26(28)29)11-22-23(15)37-24-18(14-38(22,34)35)10-19(12-21(24)27)32-7-5-31(6-8-32)13-20-4-3-16(2)36-20/h3-4,9-12H,5-8,13-14H2,1-2H3,(H4,28,29,30,33). The van der Waals surface area contributed by atoms with E-state index in [9.17, 15) is 13.2 Å². The Bertz CT molecular complexity index is 1550. The quantitative estimate of drug-likeness (QED) is 0.364. The first kappa shape index (κ1) is 26.1. The zero-order valence-corrected chi connectivity index (χ0v) is 22.6. The lowest BCUT2D eigenvalue weighted by molar-refractivity contribution is 0.100. The van der Waals surface area contributed by atoms with Crippen LogP contribution in [-0.4, -0.2) is 51.4 Å². The molecule has 0 radical (unpaired) electrons. The van der Waals surface area contributed by atoms with Gasteiger partial charge in [0.15, 0.2) is 15.8 Å². The number of carbonyl (C=O) groups is 1. The first-order valence-corrected chi connectivity index (χ1v) is 14.1. The van der Waals surface area contributed by atoms with Crippen LogP contribution in [0.1, 0.15) is 33.0 Å². The first-order chi connectivity index (χ1) is 18.0. The predicted molar refractivity (Wildman–Crippen MR) is 145 cm³/mol. The summed E-state index contributed by atoms with van der Waals surface area (Å²) in [7, 11) is -3.89. The Hall–Kier alpha value is -3.54. The minimum Gasteiger partial charge on any atom is -0.465 e. The summed E-state index contributed by atoms with van der Waals surface area (Å²) in [6, 6.07) is 10.3. The van der Waals surface area contributed by atoms with E-state index >= 15 is 0 Å². The van der Waals surface area contributed by atoms with E-state index in [4.69, 9.17) is 32.2 Å². The summed E-state index contributed by atoms with van der Waals surface area (Å²) in [5, 5.41) is 0.314. The van der Waals surface area contributed by atoms with Gasteiger partial charge in [-0.1, -0.05) is 11.6 Å². The van der Waals surface area contributed by atoms with Gasteiger partial charge in [-0.05, 0) is 55.8 Å². The second-order valence-electron chi connectivity index (χ2n) is 9.51. The lowest BCUT2D eigenvalue weighted by Gasteiger charge is -2.36. The van der Waals surface area contributed by atoms with Crippen molar-refractivity contribution in [2.45, 2.75) is 31.0 Å². The van der Waals surface area contributed by atoms with E-state index in [2.05, 4.69) is 14.8 Å². The van der Waals surface area contributed by atoms with Gasteiger partial charge in [-0.2, -0.15) is 4.99 Å². The zero-order valence-electron chi connectivity index (χ0n) is 21.0. The van der Waals surface area contributed by atoms with Crippen molar-refractivity contribution in [2.75, 3.05) is 31.1 Å². The zero-order chi connectivity index (χ0) is 27.2. The number of amides is 1. The van der Waals surface area contributed by atoms with Crippen LogP contribution in [0.25, 0.3) is 0 Å². The molecule has 10 nitrogen and oxygen atoms in total. The monoisotopic (exact) mass is 557 g/mol. The largest absolute Gasteiger partial charge is 0.465 e. The molecule has 0 spiro atoms. The lowest BCUT2D eigenvalue weighted by atomic mass is 10.1. The van der Waals surface area contributed by atoms with E-state index < -0.39 is 21.7 Å². The highest BCUT2D eigenvalue weighted by molar-refractivity contribution is 7.90. The lowest BCUT2D eigenvalue weighted by Crippen LogP contribution is -2.46. The maximum absolute atomic E-state index is 13.5. The van der Waals surface area contributed by atoms with Crippen molar-refractivity contribution >= 4 is 39.0 Å². The number of sulfone groups is 1. The molecule has 1 fully saturated rings. The van der Waals surface area contributed by atoms with E-state index in [0.29, 0.717) is 16.1 Å². The van der Waals surface area contributed by atoms with E-state index in [1.165, 1.54) is 12.1 Å². The summed E-state index contributed by atoms with van der Waals surface area (Å²) in [4.78, 5) is 20.3. The average Bonchev–Trinajstić information content (AvgIpc) is 3.20. The summed E-state index contributed by atoms with van der Waals surface area (Å²) in [6.07, 6.45) is 0. The van der Waals surface area contributed by atoms with Crippen molar-refractivity contribution in [1.82, 2.24) is 4.90 Å². The molecule has 2 aliphatic heterocycles. The van der Waals surface area contributed by atoms with Crippen molar-refractivity contribution in [3.8, 4) is 11.5 Å². The van der Waals surface area contributed by atoms with Crippen molar-refractivity contribution < 1.29 is 22.4 Å². The Morgan fingerprint density at radius 2 is 1.79 bits per heavy atom. The SMILES string of the molecule is Cc1ccc(CN2CCN(c3cc(Cl)c4c(c3)CS(=O)(=O)c3cc(C(=O)N=C(N)N)cc(C)c3O4)CC2)o1. The average molecular weight is 558 g/mol. The van der Waals surface area contributed by atoms with E-state index in [-0.39, 0.29) is 27.7 Å². The summed E-state index contributed by atoms with van der Waals surface area (Å²) in [5.74, 6) is 0.756. The molecule has 0 unspecified atom stereocenters. The number of carbonyl (C=O) groups excluding carboxylic acids is 1. The molecule has 1 saturated heterocycles. The molecule has 2 aromatic carbocycles. The van der Waals surface area contributed by atoms with Gasteiger partial charge in [0.1, 0.15) is 27.9 Å². The molecule has 1 amide bonds. The fourth-order valence-electron chi connectivity index (χ4n) is 4.79. The summed E-state index contributed by atoms with van der Waals surface area (Å²) in [5.41, 5.74) is 12.4. The topological polar surface area (TPSA) is 144 Å². The Kier molecular flexibility index (Phi) is 6.84. The number of benzene rings is 2. The Morgan fingerprint density at radius 3 is 2.45 bits per heavy atom. The molecule has 0 bridgehead atoms. The number of halogens is 1. The number of ether oxygens (including phenoxy) is 1. The van der Waals surface area contributed by atoms with Gasteiger partial charge < -0.3 is 25.5 Å². The number of rotatable bonds is 4.